The average molecular weight is 288 g/mol. The summed E-state index contributed by atoms with van der Waals surface area (Å²) in [5.74, 6) is 7.76. The lowest BCUT2D eigenvalue weighted by Gasteiger charge is -2.30. The molecule has 1 heterocycles. The van der Waals surface area contributed by atoms with Crippen LogP contribution >= 0.6 is 0 Å². The number of ether oxygens (including phenoxy) is 2. The van der Waals surface area contributed by atoms with Gasteiger partial charge >= 0.3 is 0 Å². The smallest absolute Gasteiger partial charge is 0.162 e. The van der Waals surface area contributed by atoms with Gasteiger partial charge in [0.15, 0.2) is 11.5 Å². The predicted molar refractivity (Wildman–Crippen MR) is 84.9 cm³/mol. The maximum absolute atomic E-state index is 5.66. The molecule has 0 amide bonds. The van der Waals surface area contributed by atoms with Crippen molar-refractivity contribution < 1.29 is 9.47 Å². The molecule has 0 radical (unpaired) electrons. The first-order valence-electron chi connectivity index (χ1n) is 7.33. The summed E-state index contributed by atoms with van der Waals surface area (Å²) in [7, 11) is 3.81. The van der Waals surface area contributed by atoms with Crippen LogP contribution in [0.1, 0.15) is 5.56 Å². The highest BCUT2D eigenvalue weighted by Gasteiger charge is 2.11. The largest absolute Gasteiger partial charge is 0.493 e. The SMILES string of the molecule is COc1cc(C)ccc1OCC#CCN1CCN(C)CC1. The minimum atomic E-state index is 0.396. The van der Waals surface area contributed by atoms with Gasteiger partial charge in [-0.1, -0.05) is 17.9 Å². The summed E-state index contributed by atoms with van der Waals surface area (Å²) in [4.78, 5) is 4.72. The van der Waals surface area contributed by atoms with Gasteiger partial charge in [-0.25, -0.2) is 0 Å². The van der Waals surface area contributed by atoms with E-state index in [9.17, 15) is 0 Å². The second kappa shape index (κ2) is 7.92. The number of aryl methyl sites for hydroxylation is 1. The first-order valence-corrected chi connectivity index (χ1v) is 7.33. The molecule has 114 valence electrons. The van der Waals surface area contributed by atoms with Crippen LogP contribution in [0, 0.1) is 18.8 Å². The van der Waals surface area contributed by atoms with Crippen LogP contribution in [0.4, 0.5) is 0 Å². The third kappa shape index (κ3) is 4.96. The maximum Gasteiger partial charge on any atom is 0.162 e. The molecule has 1 aliphatic heterocycles. The molecule has 4 heteroatoms. The number of methoxy groups -OCH3 is 1. The van der Waals surface area contributed by atoms with Crippen LogP contribution in [-0.2, 0) is 0 Å². The molecule has 0 aliphatic carbocycles. The fraction of sp³-hybridized carbons (Fsp3) is 0.529. The van der Waals surface area contributed by atoms with Crippen LogP contribution < -0.4 is 9.47 Å². The molecule has 21 heavy (non-hydrogen) atoms. The summed E-state index contributed by atoms with van der Waals surface area (Å²) in [6, 6.07) is 5.90. The Kier molecular flexibility index (Phi) is 5.91. The lowest BCUT2D eigenvalue weighted by molar-refractivity contribution is 0.168. The Morgan fingerprint density at radius 2 is 1.86 bits per heavy atom. The number of nitrogens with zero attached hydrogens (tertiary/aromatic N) is 2. The van der Waals surface area contributed by atoms with Gasteiger partial charge in [-0.2, -0.15) is 0 Å². The molecule has 0 unspecified atom stereocenters. The molecule has 1 aromatic rings. The molecular weight excluding hydrogens is 264 g/mol. The normalized spacial score (nSPS) is 16.1. The van der Waals surface area contributed by atoms with Crippen molar-refractivity contribution in [3.63, 3.8) is 0 Å². The van der Waals surface area contributed by atoms with Crippen LogP contribution in [-0.4, -0.2) is 63.3 Å². The molecule has 1 aromatic carbocycles. The Bertz CT molecular complexity index is 511. The summed E-state index contributed by atoms with van der Waals surface area (Å²) < 4.78 is 11.0. The zero-order valence-electron chi connectivity index (χ0n) is 13.2. The number of rotatable bonds is 4. The van der Waals surface area contributed by atoms with Gasteiger partial charge in [0.05, 0.1) is 13.7 Å². The summed E-state index contributed by atoms with van der Waals surface area (Å²) in [5, 5.41) is 0. The lowest BCUT2D eigenvalue weighted by atomic mass is 10.2. The van der Waals surface area contributed by atoms with E-state index in [1.54, 1.807) is 7.11 Å². The van der Waals surface area contributed by atoms with Crippen LogP contribution in [0.25, 0.3) is 0 Å². The molecule has 0 aromatic heterocycles. The minimum Gasteiger partial charge on any atom is -0.493 e. The van der Waals surface area contributed by atoms with Gasteiger partial charge < -0.3 is 14.4 Å². The van der Waals surface area contributed by atoms with Crippen LogP contribution in [0.2, 0.25) is 0 Å². The second-order valence-electron chi connectivity index (χ2n) is 5.38. The van der Waals surface area contributed by atoms with Gasteiger partial charge in [0.1, 0.15) is 6.61 Å². The highest BCUT2D eigenvalue weighted by molar-refractivity contribution is 5.42. The Balaban J connectivity index is 1.76. The molecule has 0 bridgehead atoms. The van der Waals surface area contributed by atoms with Crippen molar-refractivity contribution in [2.75, 3.05) is 53.5 Å². The highest BCUT2D eigenvalue weighted by atomic mass is 16.5. The molecule has 4 nitrogen and oxygen atoms in total. The van der Waals surface area contributed by atoms with E-state index < -0.39 is 0 Å². The van der Waals surface area contributed by atoms with E-state index in [4.69, 9.17) is 9.47 Å². The van der Waals surface area contributed by atoms with Gasteiger partial charge in [-0.05, 0) is 31.7 Å². The third-order valence-corrected chi connectivity index (χ3v) is 3.64. The van der Waals surface area contributed by atoms with Crippen LogP contribution in [0.3, 0.4) is 0 Å². The molecule has 1 fully saturated rings. The lowest BCUT2D eigenvalue weighted by Crippen LogP contribution is -2.44. The molecule has 0 saturated carbocycles. The van der Waals surface area contributed by atoms with E-state index in [1.807, 2.05) is 25.1 Å². The van der Waals surface area contributed by atoms with E-state index in [0.29, 0.717) is 6.61 Å². The molecular formula is C17H24N2O2. The molecule has 0 spiro atoms. The Labute approximate surface area is 127 Å². The first kappa shape index (κ1) is 15.7. The van der Waals surface area contributed by atoms with E-state index >= 15 is 0 Å². The summed E-state index contributed by atoms with van der Waals surface area (Å²) in [6.07, 6.45) is 0. The zero-order valence-corrected chi connectivity index (χ0v) is 13.2. The zero-order chi connectivity index (χ0) is 15.1. The van der Waals surface area contributed by atoms with Gasteiger partial charge in [0, 0.05) is 26.2 Å². The maximum atomic E-state index is 5.66. The van der Waals surface area contributed by atoms with Crippen molar-refractivity contribution in [1.82, 2.24) is 9.80 Å². The summed E-state index contributed by atoms with van der Waals surface area (Å²) >= 11 is 0. The van der Waals surface area contributed by atoms with Gasteiger partial charge in [-0.15, -0.1) is 0 Å². The third-order valence-electron chi connectivity index (χ3n) is 3.64. The first-order chi connectivity index (χ1) is 10.2. The highest BCUT2D eigenvalue weighted by Crippen LogP contribution is 2.27. The fourth-order valence-corrected chi connectivity index (χ4v) is 2.23. The molecule has 2 rings (SSSR count). The van der Waals surface area contributed by atoms with E-state index in [0.717, 1.165) is 49.8 Å². The summed E-state index contributed by atoms with van der Waals surface area (Å²) in [6.45, 7) is 7.69. The minimum absolute atomic E-state index is 0.396. The van der Waals surface area contributed by atoms with E-state index in [1.165, 1.54) is 0 Å². The topological polar surface area (TPSA) is 24.9 Å². The second-order valence-corrected chi connectivity index (χ2v) is 5.38. The molecule has 0 atom stereocenters. The Hall–Kier alpha value is -1.70. The Morgan fingerprint density at radius 3 is 2.57 bits per heavy atom. The average Bonchev–Trinajstić information content (AvgIpc) is 2.50. The van der Waals surface area contributed by atoms with Crippen molar-refractivity contribution in [2.24, 2.45) is 0 Å². The Morgan fingerprint density at radius 1 is 1.10 bits per heavy atom. The van der Waals surface area contributed by atoms with Gasteiger partial charge in [0.25, 0.3) is 0 Å². The van der Waals surface area contributed by atoms with Crippen LogP contribution in [0.15, 0.2) is 18.2 Å². The summed E-state index contributed by atoms with van der Waals surface area (Å²) in [5.41, 5.74) is 1.15. The fourth-order valence-electron chi connectivity index (χ4n) is 2.23. The number of benzene rings is 1. The van der Waals surface area contributed by atoms with Crippen molar-refractivity contribution >= 4 is 0 Å². The van der Waals surface area contributed by atoms with Crippen LogP contribution in [0.5, 0.6) is 11.5 Å². The van der Waals surface area contributed by atoms with Crippen molar-refractivity contribution in [1.29, 1.82) is 0 Å². The molecule has 1 saturated heterocycles. The molecule has 1 aliphatic rings. The molecule has 0 N–H and O–H groups in total. The number of hydrogen-bond acceptors (Lipinski definition) is 4. The predicted octanol–water partition coefficient (Wildman–Crippen LogP) is 1.63. The quantitative estimate of drug-likeness (QED) is 0.786. The number of hydrogen-bond donors (Lipinski definition) is 0. The van der Waals surface area contributed by atoms with Crippen molar-refractivity contribution in [3.8, 4) is 23.3 Å². The van der Waals surface area contributed by atoms with Crippen molar-refractivity contribution in [2.45, 2.75) is 6.92 Å². The van der Waals surface area contributed by atoms with E-state index in [2.05, 4.69) is 28.7 Å². The number of likely N-dealkylation sites (N-methyl/N-ethyl adjacent to an activating group) is 1. The van der Waals surface area contributed by atoms with E-state index in [-0.39, 0.29) is 0 Å². The number of piperazine rings is 1. The monoisotopic (exact) mass is 288 g/mol. The standard InChI is InChI=1S/C17H24N2O2/c1-15-6-7-16(17(14-15)20-3)21-13-5-4-8-19-11-9-18(2)10-12-19/h6-7,14H,8-13H2,1-3H3. The van der Waals surface area contributed by atoms with Gasteiger partial charge in [-0.3, -0.25) is 4.90 Å². The van der Waals surface area contributed by atoms with Gasteiger partial charge in [0.2, 0.25) is 0 Å². The van der Waals surface area contributed by atoms with Crippen molar-refractivity contribution in [3.05, 3.63) is 23.8 Å².